The SMILES string of the molecule is CNC(=O)c1c(C)oc2cc(OC3CC=NC4=C3C=CC(c3ccccn3)C4)ccc12. The van der Waals surface area contributed by atoms with E-state index in [0.717, 1.165) is 28.8 Å². The van der Waals surface area contributed by atoms with Crippen LogP contribution in [0.5, 0.6) is 5.75 Å². The number of aliphatic imine (C=N–C) groups is 1. The molecule has 156 valence electrons. The molecular formula is C25H23N3O3. The summed E-state index contributed by atoms with van der Waals surface area (Å²) in [6.45, 7) is 1.80. The normalized spacial score (nSPS) is 20.1. The number of carbonyl (C=O) groups excluding carboxylic acids is 1. The highest BCUT2D eigenvalue weighted by atomic mass is 16.5. The number of nitrogens with one attached hydrogen (secondary N) is 1. The fraction of sp³-hybridized carbons (Fsp3) is 0.240. The number of pyridine rings is 1. The molecule has 2 atom stereocenters. The molecule has 1 amide bonds. The van der Waals surface area contributed by atoms with Gasteiger partial charge in [0.15, 0.2) is 0 Å². The summed E-state index contributed by atoms with van der Waals surface area (Å²) in [7, 11) is 1.62. The molecule has 6 heteroatoms. The summed E-state index contributed by atoms with van der Waals surface area (Å²) in [5.74, 6) is 1.37. The largest absolute Gasteiger partial charge is 0.485 e. The highest BCUT2D eigenvalue weighted by Gasteiger charge is 2.27. The summed E-state index contributed by atoms with van der Waals surface area (Å²) in [4.78, 5) is 21.3. The van der Waals surface area contributed by atoms with Crippen molar-refractivity contribution >= 4 is 23.1 Å². The number of fused-ring (bicyclic) bond motifs is 1. The molecule has 1 N–H and O–H groups in total. The van der Waals surface area contributed by atoms with Crippen LogP contribution in [0.25, 0.3) is 11.0 Å². The summed E-state index contributed by atoms with van der Waals surface area (Å²) >= 11 is 0. The summed E-state index contributed by atoms with van der Waals surface area (Å²) in [6.07, 6.45) is 9.47. The molecule has 2 aromatic heterocycles. The van der Waals surface area contributed by atoms with E-state index < -0.39 is 0 Å². The van der Waals surface area contributed by atoms with Crippen LogP contribution in [0.1, 0.15) is 40.6 Å². The van der Waals surface area contributed by atoms with Gasteiger partial charge in [0.2, 0.25) is 0 Å². The Labute approximate surface area is 180 Å². The number of hydrogen-bond acceptors (Lipinski definition) is 5. The number of aryl methyl sites for hydroxylation is 1. The molecule has 31 heavy (non-hydrogen) atoms. The number of nitrogens with zero attached hydrogens (tertiary/aromatic N) is 2. The number of carbonyl (C=O) groups is 1. The maximum Gasteiger partial charge on any atom is 0.255 e. The predicted octanol–water partition coefficient (Wildman–Crippen LogP) is 4.72. The highest BCUT2D eigenvalue weighted by molar-refractivity contribution is 6.07. The summed E-state index contributed by atoms with van der Waals surface area (Å²) in [5.41, 5.74) is 4.41. The van der Waals surface area contributed by atoms with Gasteiger partial charge >= 0.3 is 0 Å². The number of furan rings is 1. The van der Waals surface area contributed by atoms with Crippen molar-refractivity contribution in [2.45, 2.75) is 31.8 Å². The predicted molar refractivity (Wildman–Crippen MR) is 120 cm³/mol. The Morgan fingerprint density at radius 1 is 1.26 bits per heavy atom. The van der Waals surface area contributed by atoms with Gasteiger partial charge in [0.1, 0.15) is 23.2 Å². The maximum absolute atomic E-state index is 12.2. The van der Waals surface area contributed by atoms with Gasteiger partial charge in [-0.05, 0) is 31.2 Å². The molecule has 3 heterocycles. The Morgan fingerprint density at radius 2 is 2.16 bits per heavy atom. The number of aromatic nitrogens is 1. The van der Waals surface area contributed by atoms with E-state index in [4.69, 9.17) is 9.15 Å². The fourth-order valence-electron chi connectivity index (χ4n) is 4.27. The van der Waals surface area contributed by atoms with Gasteiger partial charge in [0, 0.05) is 66.6 Å². The van der Waals surface area contributed by atoms with Crippen LogP contribution in [-0.4, -0.2) is 30.3 Å². The Kier molecular flexibility index (Phi) is 4.90. The molecule has 0 saturated carbocycles. The minimum absolute atomic E-state index is 0.111. The number of hydrogen-bond donors (Lipinski definition) is 1. The Balaban J connectivity index is 1.39. The van der Waals surface area contributed by atoms with Crippen LogP contribution in [0.15, 0.2) is 75.4 Å². The molecule has 0 saturated heterocycles. The van der Waals surface area contributed by atoms with E-state index in [2.05, 4.69) is 33.5 Å². The van der Waals surface area contributed by atoms with Crippen molar-refractivity contribution in [1.29, 1.82) is 0 Å². The average Bonchev–Trinajstić information content (AvgIpc) is 3.14. The molecule has 3 aromatic rings. The molecule has 2 unspecified atom stereocenters. The molecule has 1 aliphatic carbocycles. The van der Waals surface area contributed by atoms with Crippen molar-refractivity contribution in [1.82, 2.24) is 10.3 Å². The second-order valence-corrected chi connectivity index (χ2v) is 7.75. The second kappa shape index (κ2) is 7.87. The number of amides is 1. The lowest BCUT2D eigenvalue weighted by Gasteiger charge is -2.28. The zero-order valence-corrected chi connectivity index (χ0v) is 17.5. The highest BCUT2D eigenvalue weighted by Crippen LogP contribution is 2.36. The molecular weight excluding hydrogens is 390 g/mol. The lowest BCUT2D eigenvalue weighted by atomic mass is 9.87. The molecule has 1 aromatic carbocycles. The minimum Gasteiger partial charge on any atom is -0.485 e. The molecule has 0 spiro atoms. The first-order valence-electron chi connectivity index (χ1n) is 10.4. The van der Waals surface area contributed by atoms with Gasteiger partial charge in [0.05, 0.1) is 5.56 Å². The van der Waals surface area contributed by atoms with Gasteiger partial charge in [-0.25, -0.2) is 0 Å². The van der Waals surface area contributed by atoms with Crippen molar-refractivity contribution < 1.29 is 13.9 Å². The van der Waals surface area contributed by atoms with Crippen molar-refractivity contribution in [2.24, 2.45) is 4.99 Å². The minimum atomic E-state index is -0.155. The van der Waals surface area contributed by atoms with E-state index in [9.17, 15) is 4.79 Å². The molecule has 6 nitrogen and oxygen atoms in total. The van der Waals surface area contributed by atoms with Crippen LogP contribution < -0.4 is 10.1 Å². The Hall–Kier alpha value is -3.67. The van der Waals surface area contributed by atoms with Crippen molar-refractivity contribution in [2.75, 3.05) is 7.05 Å². The number of ether oxygens (including phenoxy) is 1. The van der Waals surface area contributed by atoms with Gasteiger partial charge in [-0.3, -0.25) is 14.8 Å². The topological polar surface area (TPSA) is 76.7 Å². The van der Waals surface area contributed by atoms with E-state index >= 15 is 0 Å². The van der Waals surface area contributed by atoms with Crippen molar-refractivity contribution in [3.05, 3.63) is 83.0 Å². The van der Waals surface area contributed by atoms with Crippen molar-refractivity contribution in [3.8, 4) is 5.75 Å². The van der Waals surface area contributed by atoms with E-state index in [1.165, 1.54) is 0 Å². The molecule has 1 aliphatic heterocycles. The van der Waals surface area contributed by atoms with Crippen LogP contribution in [0.3, 0.4) is 0 Å². The van der Waals surface area contributed by atoms with Crippen LogP contribution in [0.2, 0.25) is 0 Å². The third kappa shape index (κ3) is 3.54. The number of rotatable bonds is 4. The first kappa shape index (κ1) is 19.3. The van der Waals surface area contributed by atoms with Gasteiger partial charge < -0.3 is 14.5 Å². The molecule has 2 aliphatic rings. The average molecular weight is 413 g/mol. The number of benzene rings is 1. The lowest BCUT2D eigenvalue weighted by molar-refractivity contribution is 0.0963. The van der Waals surface area contributed by atoms with Gasteiger partial charge in [-0.1, -0.05) is 18.2 Å². The Morgan fingerprint density at radius 3 is 2.97 bits per heavy atom. The van der Waals surface area contributed by atoms with Gasteiger partial charge in [0.25, 0.3) is 5.91 Å². The van der Waals surface area contributed by atoms with Crippen LogP contribution in [0, 0.1) is 6.92 Å². The van der Waals surface area contributed by atoms with Gasteiger partial charge in [-0.15, -0.1) is 0 Å². The van der Waals surface area contributed by atoms with E-state index in [1.54, 1.807) is 14.0 Å². The summed E-state index contributed by atoms with van der Waals surface area (Å²) in [5, 5.41) is 3.45. The second-order valence-electron chi connectivity index (χ2n) is 7.75. The zero-order chi connectivity index (χ0) is 21.4. The van der Waals surface area contributed by atoms with E-state index in [1.807, 2.05) is 42.7 Å². The molecule has 0 fully saturated rings. The Bertz CT molecular complexity index is 1240. The van der Waals surface area contributed by atoms with E-state index in [0.29, 0.717) is 29.1 Å². The third-order valence-electron chi connectivity index (χ3n) is 5.81. The van der Waals surface area contributed by atoms with E-state index in [-0.39, 0.29) is 17.9 Å². The zero-order valence-electron chi connectivity index (χ0n) is 17.5. The maximum atomic E-state index is 12.2. The van der Waals surface area contributed by atoms with Crippen molar-refractivity contribution in [3.63, 3.8) is 0 Å². The van der Waals surface area contributed by atoms with Crippen LogP contribution in [0.4, 0.5) is 0 Å². The molecule has 0 bridgehead atoms. The smallest absolute Gasteiger partial charge is 0.255 e. The fourth-order valence-corrected chi connectivity index (χ4v) is 4.27. The lowest BCUT2D eigenvalue weighted by Crippen LogP contribution is -2.25. The van der Waals surface area contributed by atoms with Crippen LogP contribution in [-0.2, 0) is 0 Å². The molecule has 0 radical (unpaired) electrons. The number of allylic oxidation sites excluding steroid dienone is 2. The van der Waals surface area contributed by atoms with Crippen LogP contribution >= 0.6 is 0 Å². The summed E-state index contributed by atoms with van der Waals surface area (Å²) < 4.78 is 12.2. The first-order valence-corrected chi connectivity index (χ1v) is 10.4. The quantitative estimate of drug-likeness (QED) is 0.672. The van der Waals surface area contributed by atoms with Gasteiger partial charge in [-0.2, -0.15) is 0 Å². The summed E-state index contributed by atoms with van der Waals surface area (Å²) in [6, 6.07) is 11.6. The standard InChI is InChI=1S/C25H23N3O3/c1-15-24(25(29)26-2)19-9-7-17(14-23(19)30-15)31-22-10-12-28-21-13-16(6-8-18(21)22)20-5-3-4-11-27-20/h3-9,11-12,14,16,22H,10,13H2,1-2H3,(H,26,29). The third-order valence-corrected chi connectivity index (χ3v) is 5.81. The first-order chi connectivity index (χ1) is 15.1. The monoisotopic (exact) mass is 413 g/mol. The molecule has 5 rings (SSSR count).